The predicted octanol–water partition coefficient (Wildman–Crippen LogP) is 0.336. The maximum Gasteiger partial charge on any atom is 1.00 e. The van der Waals surface area contributed by atoms with Crippen LogP contribution in [0.1, 0.15) is 16.8 Å². The SMILES string of the molecule is Cc1cc(OCc2ncccc2C)ccc1[B-](F)(F)F.[K+]. The van der Waals surface area contributed by atoms with Gasteiger partial charge in [0.15, 0.2) is 0 Å². The van der Waals surface area contributed by atoms with E-state index in [0.717, 1.165) is 17.3 Å². The Kier molecular flexibility index (Phi) is 6.93. The van der Waals surface area contributed by atoms with E-state index in [1.165, 1.54) is 19.1 Å². The largest absolute Gasteiger partial charge is 1.00 e. The fraction of sp³-hybridized carbons (Fsp3) is 0.214. The van der Waals surface area contributed by atoms with E-state index < -0.39 is 12.4 Å². The second-order valence-corrected chi connectivity index (χ2v) is 4.65. The molecule has 1 aromatic carbocycles. The van der Waals surface area contributed by atoms with E-state index in [1.807, 2.05) is 19.1 Å². The molecule has 2 nitrogen and oxygen atoms in total. The van der Waals surface area contributed by atoms with E-state index in [-0.39, 0.29) is 63.6 Å². The molecular weight excluding hydrogens is 305 g/mol. The van der Waals surface area contributed by atoms with Crippen molar-refractivity contribution in [3.8, 4) is 5.75 Å². The number of aryl methyl sites for hydroxylation is 2. The number of ether oxygens (including phenoxy) is 1. The van der Waals surface area contributed by atoms with Crippen LogP contribution in [-0.2, 0) is 6.61 Å². The van der Waals surface area contributed by atoms with Crippen molar-refractivity contribution in [3.05, 3.63) is 53.3 Å². The third kappa shape index (κ3) is 5.10. The maximum atomic E-state index is 12.7. The zero-order valence-corrected chi connectivity index (χ0v) is 15.4. The van der Waals surface area contributed by atoms with Crippen molar-refractivity contribution in [1.29, 1.82) is 0 Å². The van der Waals surface area contributed by atoms with Gasteiger partial charge in [-0.25, -0.2) is 0 Å². The van der Waals surface area contributed by atoms with Crippen LogP contribution in [0.4, 0.5) is 12.9 Å². The summed E-state index contributed by atoms with van der Waals surface area (Å²) in [5, 5.41) is 0. The first kappa shape index (κ1) is 18.7. The smallest absolute Gasteiger partial charge is 0.487 e. The zero-order valence-electron chi connectivity index (χ0n) is 12.2. The van der Waals surface area contributed by atoms with Crippen LogP contribution in [-0.4, -0.2) is 12.0 Å². The number of benzene rings is 1. The minimum absolute atomic E-state index is 0. The number of hydrogen-bond acceptors (Lipinski definition) is 2. The van der Waals surface area contributed by atoms with E-state index in [9.17, 15) is 12.9 Å². The van der Waals surface area contributed by atoms with Crippen LogP contribution >= 0.6 is 0 Å². The van der Waals surface area contributed by atoms with Crippen molar-refractivity contribution >= 4 is 12.4 Å². The molecule has 0 aliphatic rings. The van der Waals surface area contributed by atoms with Crippen LogP contribution < -0.4 is 61.6 Å². The normalized spacial score (nSPS) is 10.9. The van der Waals surface area contributed by atoms with E-state index in [2.05, 4.69) is 4.98 Å². The summed E-state index contributed by atoms with van der Waals surface area (Å²) in [5.74, 6) is 0.413. The molecular formula is C14H14BF3KNO. The van der Waals surface area contributed by atoms with Crippen LogP contribution in [0.3, 0.4) is 0 Å². The fourth-order valence-electron chi connectivity index (χ4n) is 1.93. The summed E-state index contributed by atoms with van der Waals surface area (Å²) in [6, 6.07) is 7.55. The van der Waals surface area contributed by atoms with Crippen molar-refractivity contribution in [2.75, 3.05) is 0 Å². The van der Waals surface area contributed by atoms with Crippen molar-refractivity contribution in [2.24, 2.45) is 0 Å². The van der Waals surface area contributed by atoms with Gasteiger partial charge in [0, 0.05) is 6.20 Å². The zero-order chi connectivity index (χ0) is 14.8. The Morgan fingerprint density at radius 3 is 2.38 bits per heavy atom. The Morgan fingerprint density at radius 1 is 1.10 bits per heavy atom. The predicted molar refractivity (Wildman–Crippen MR) is 73.2 cm³/mol. The molecule has 0 saturated heterocycles. The number of hydrogen-bond donors (Lipinski definition) is 0. The Bertz CT molecular complexity index is 619. The average molecular weight is 319 g/mol. The Hall–Kier alpha value is -0.339. The van der Waals surface area contributed by atoms with Gasteiger partial charge in [0.1, 0.15) is 12.4 Å². The molecule has 0 saturated carbocycles. The van der Waals surface area contributed by atoms with Gasteiger partial charge in [-0.05, 0) is 37.6 Å². The molecule has 2 aromatic rings. The third-order valence-corrected chi connectivity index (χ3v) is 3.09. The van der Waals surface area contributed by atoms with Gasteiger partial charge in [-0.3, -0.25) is 4.98 Å². The first-order valence-electron chi connectivity index (χ1n) is 6.21. The summed E-state index contributed by atoms with van der Waals surface area (Å²) < 4.78 is 43.6. The van der Waals surface area contributed by atoms with Gasteiger partial charge in [0.2, 0.25) is 0 Å². The van der Waals surface area contributed by atoms with Gasteiger partial charge in [0.05, 0.1) is 5.69 Å². The Labute approximate surface area is 164 Å². The Morgan fingerprint density at radius 2 is 1.81 bits per heavy atom. The quantitative estimate of drug-likeness (QED) is 0.758. The molecule has 0 aliphatic heterocycles. The second kappa shape index (κ2) is 7.78. The summed E-state index contributed by atoms with van der Waals surface area (Å²) in [6.45, 7) is -1.40. The van der Waals surface area contributed by atoms with Crippen molar-refractivity contribution in [2.45, 2.75) is 20.5 Å². The minimum atomic E-state index is -4.98. The number of nitrogens with zero attached hydrogens (tertiary/aromatic N) is 1. The molecule has 2 rings (SSSR count). The standard InChI is InChI=1S/C14H14BF3NO.K/c1-10-4-3-7-19-14(10)9-20-12-5-6-13(11(2)8-12)15(16,17)18;/h3-8H,9H2,1-2H3;/q-1;+1. The van der Waals surface area contributed by atoms with Crippen LogP contribution in [0.2, 0.25) is 0 Å². The van der Waals surface area contributed by atoms with Crippen LogP contribution in [0, 0.1) is 13.8 Å². The molecule has 0 unspecified atom stereocenters. The van der Waals surface area contributed by atoms with Crippen LogP contribution in [0.5, 0.6) is 5.75 Å². The topological polar surface area (TPSA) is 22.1 Å². The number of halogens is 3. The fourth-order valence-corrected chi connectivity index (χ4v) is 1.93. The van der Waals surface area contributed by atoms with Gasteiger partial charge in [-0.2, -0.15) is 0 Å². The first-order chi connectivity index (χ1) is 9.38. The van der Waals surface area contributed by atoms with Gasteiger partial charge < -0.3 is 17.7 Å². The van der Waals surface area contributed by atoms with Gasteiger partial charge in [-0.15, -0.1) is 5.46 Å². The molecule has 1 aromatic heterocycles. The van der Waals surface area contributed by atoms with Crippen molar-refractivity contribution in [1.82, 2.24) is 4.98 Å². The first-order valence-corrected chi connectivity index (χ1v) is 6.21. The second-order valence-electron chi connectivity index (χ2n) is 4.65. The molecule has 0 amide bonds. The number of pyridine rings is 1. The maximum absolute atomic E-state index is 12.7. The number of aromatic nitrogens is 1. The molecule has 21 heavy (non-hydrogen) atoms. The molecule has 0 bridgehead atoms. The average Bonchev–Trinajstić information content (AvgIpc) is 2.36. The number of rotatable bonds is 4. The molecule has 7 heteroatoms. The molecule has 0 radical (unpaired) electrons. The summed E-state index contributed by atoms with van der Waals surface area (Å²) >= 11 is 0. The summed E-state index contributed by atoms with van der Waals surface area (Å²) in [4.78, 5) is 4.17. The summed E-state index contributed by atoms with van der Waals surface area (Å²) in [6.07, 6.45) is 1.66. The molecule has 0 N–H and O–H groups in total. The van der Waals surface area contributed by atoms with Crippen LogP contribution in [0.15, 0.2) is 36.5 Å². The van der Waals surface area contributed by atoms with Gasteiger partial charge in [-0.1, -0.05) is 17.7 Å². The van der Waals surface area contributed by atoms with E-state index >= 15 is 0 Å². The molecule has 0 fully saturated rings. The van der Waals surface area contributed by atoms with E-state index in [4.69, 9.17) is 4.74 Å². The molecule has 106 valence electrons. The van der Waals surface area contributed by atoms with E-state index in [0.29, 0.717) is 5.75 Å². The van der Waals surface area contributed by atoms with Gasteiger partial charge >= 0.3 is 58.4 Å². The summed E-state index contributed by atoms with van der Waals surface area (Å²) in [7, 11) is 0. The minimum Gasteiger partial charge on any atom is -0.487 e. The Balaban J connectivity index is 0.00000220. The monoisotopic (exact) mass is 319 g/mol. The summed E-state index contributed by atoms with van der Waals surface area (Å²) in [5.41, 5.74) is 1.35. The molecule has 0 spiro atoms. The van der Waals surface area contributed by atoms with Crippen molar-refractivity contribution in [3.63, 3.8) is 0 Å². The van der Waals surface area contributed by atoms with Gasteiger partial charge in [0.25, 0.3) is 0 Å². The van der Waals surface area contributed by atoms with E-state index in [1.54, 1.807) is 6.20 Å². The molecule has 0 aliphatic carbocycles. The molecule has 1 heterocycles. The molecule has 0 atom stereocenters. The van der Waals surface area contributed by atoms with Crippen molar-refractivity contribution < 1.29 is 69.1 Å². The third-order valence-electron chi connectivity index (χ3n) is 3.09. The van der Waals surface area contributed by atoms with Crippen LogP contribution in [0.25, 0.3) is 0 Å².